The fourth-order valence-corrected chi connectivity index (χ4v) is 1.69. The van der Waals surface area contributed by atoms with Gasteiger partial charge in [0.15, 0.2) is 0 Å². The molecule has 2 rings (SSSR count). The third-order valence-corrected chi connectivity index (χ3v) is 2.65. The van der Waals surface area contributed by atoms with Crippen LogP contribution in [0.4, 0.5) is 11.5 Å². The van der Waals surface area contributed by atoms with Gasteiger partial charge in [-0.15, -0.1) is 0 Å². The molecule has 1 aromatic heterocycles. The number of benzene rings is 1. The fourth-order valence-electron chi connectivity index (χ4n) is 1.69. The summed E-state index contributed by atoms with van der Waals surface area (Å²) >= 11 is 0. The van der Waals surface area contributed by atoms with Crippen molar-refractivity contribution < 1.29 is 9.72 Å². The molecular formula is C15H13N3O3. The van der Waals surface area contributed by atoms with E-state index in [0.717, 1.165) is 5.69 Å². The summed E-state index contributed by atoms with van der Waals surface area (Å²) in [5, 5.41) is 13.3. The highest BCUT2D eigenvalue weighted by molar-refractivity contribution is 6.01. The molecule has 1 heterocycles. The zero-order valence-electron chi connectivity index (χ0n) is 11.3. The van der Waals surface area contributed by atoms with E-state index in [9.17, 15) is 14.9 Å². The van der Waals surface area contributed by atoms with Crippen LogP contribution in [0.25, 0.3) is 6.08 Å². The smallest absolute Gasteiger partial charge is 0.270 e. The molecule has 2 aromatic rings. The highest BCUT2D eigenvalue weighted by Gasteiger charge is 2.04. The summed E-state index contributed by atoms with van der Waals surface area (Å²) in [5.41, 5.74) is 1.37. The van der Waals surface area contributed by atoms with Gasteiger partial charge in [-0.05, 0) is 30.7 Å². The number of nitrogens with one attached hydrogen (secondary N) is 1. The molecule has 1 amide bonds. The van der Waals surface area contributed by atoms with Crippen molar-refractivity contribution in [2.75, 3.05) is 5.32 Å². The summed E-state index contributed by atoms with van der Waals surface area (Å²) in [7, 11) is 0. The first-order valence-electron chi connectivity index (χ1n) is 6.22. The molecule has 0 atom stereocenters. The van der Waals surface area contributed by atoms with Gasteiger partial charge in [0.05, 0.1) is 4.92 Å². The van der Waals surface area contributed by atoms with Gasteiger partial charge in [0, 0.05) is 23.9 Å². The molecule has 0 aliphatic rings. The highest BCUT2D eigenvalue weighted by atomic mass is 16.6. The Morgan fingerprint density at radius 1 is 1.29 bits per heavy atom. The predicted octanol–water partition coefficient (Wildman–Crippen LogP) is 2.95. The van der Waals surface area contributed by atoms with Crippen LogP contribution in [0.1, 0.15) is 11.3 Å². The van der Waals surface area contributed by atoms with Crippen LogP contribution in [0.5, 0.6) is 0 Å². The lowest BCUT2D eigenvalue weighted by molar-refractivity contribution is -0.384. The van der Waals surface area contributed by atoms with Crippen molar-refractivity contribution in [2.45, 2.75) is 6.92 Å². The van der Waals surface area contributed by atoms with Crippen LogP contribution in [-0.2, 0) is 4.79 Å². The molecular weight excluding hydrogens is 270 g/mol. The first-order chi connectivity index (χ1) is 10.0. The number of carbonyl (C=O) groups excluding carboxylic acids is 1. The molecule has 6 nitrogen and oxygen atoms in total. The molecule has 6 heteroatoms. The second-order valence-electron chi connectivity index (χ2n) is 4.34. The lowest BCUT2D eigenvalue weighted by Gasteiger charge is -2.01. The molecule has 0 spiro atoms. The topological polar surface area (TPSA) is 85.1 Å². The first kappa shape index (κ1) is 14.4. The van der Waals surface area contributed by atoms with Crippen molar-refractivity contribution in [1.82, 2.24) is 4.98 Å². The summed E-state index contributed by atoms with van der Waals surface area (Å²) in [6.45, 7) is 1.83. The van der Waals surface area contributed by atoms with Gasteiger partial charge >= 0.3 is 0 Å². The van der Waals surface area contributed by atoms with E-state index >= 15 is 0 Å². The number of anilines is 1. The van der Waals surface area contributed by atoms with Crippen LogP contribution in [0.3, 0.4) is 0 Å². The Balaban J connectivity index is 2.05. The van der Waals surface area contributed by atoms with Crippen molar-refractivity contribution in [3.8, 4) is 0 Å². The molecule has 0 bridgehead atoms. The number of aryl methyl sites for hydroxylation is 1. The largest absolute Gasteiger partial charge is 0.307 e. The van der Waals surface area contributed by atoms with E-state index in [-0.39, 0.29) is 11.6 Å². The molecule has 1 aromatic carbocycles. The van der Waals surface area contributed by atoms with Crippen LogP contribution in [-0.4, -0.2) is 15.8 Å². The van der Waals surface area contributed by atoms with Gasteiger partial charge in [0.25, 0.3) is 5.69 Å². The summed E-state index contributed by atoms with van der Waals surface area (Å²) in [4.78, 5) is 26.1. The van der Waals surface area contributed by atoms with Crippen molar-refractivity contribution in [3.63, 3.8) is 0 Å². The molecule has 1 N–H and O–H groups in total. The van der Waals surface area contributed by atoms with Crippen LogP contribution in [0.15, 0.2) is 48.5 Å². The Morgan fingerprint density at radius 2 is 2.05 bits per heavy atom. The Bertz CT molecular complexity index is 711. The maximum Gasteiger partial charge on any atom is 0.270 e. The molecule has 0 saturated carbocycles. The number of aromatic nitrogens is 1. The minimum absolute atomic E-state index is 0.0158. The zero-order valence-corrected chi connectivity index (χ0v) is 11.3. The minimum Gasteiger partial charge on any atom is -0.307 e. The lowest BCUT2D eigenvalue weighted by Crippen LogP contribution is -2.09. The van der Waals surface area contributed by atoms with E-state index in [0.29, 0.717) is 11.4 Å². The molecule has 0 aliphatic carbocycles. The lowest BCUT2D eigenvalue weighted by atomic mass is 10.2. The quantitative estimate of drug-likeness (QED) is 0.531. The number of pyridine rings is 1. The summed E-state index contributed by atoms with van der Waals surface area (Å²) in [6.07, 6.45) is 2.82. The number of rotatable bonds is 4. The molecule has 0 aliphatic heterocycles. The minimum atomic E-state index is -0.478. The number of hydrogen-bond donors (Lipinski definition) is 1. The van der Waals surface area contributed by atoms with Crippen molar-refractivity contribution >= 4 is 23.5 Å². The zero-order chi connectivity index (χ0) is 15.2. The number of hydrogen-bond acceptors (Lipinski definition) is 4. The predicted molar refractivity (Wildman–Crippen MR) is 79.7 cm³/mol. The number of carbonyl (C=O) groups is 1. The highest BCUT2D eigenvalue weighted by Crippen LogP contribution is 2.14. The second-order valence-corrected chi connectivity index (χ2v) is 4.34. The van der Waals surface area contributed by atoms with E-state index in [1.165, 1.54) is 24.3 Å². The second kappa shape index (κ2) is 6.42. The average Bonchev–Trinajstić information content (AvgIpc) is 2.45. The van der Waals surface area contributed by atoms with Gasteiger partial charge < -0.3 is 5.32 Å². The standard InChI is InChI=1S/C15H13N3O3/c1-11-4-2-7-14(16-11)17-15(19)9-8-12-5-3-6-13(10-12)18(20)21/h2-10H,1H3,(H,16,17,19)/b9-8+. The monoisotopic (exact) mass is 283 g/mol. The molecule has 0 unspecified atom stereocenters. The number of amides is 1. The van der Waals surface area contributed by atoms with Crippen molar-refractivity contribution in [2.24, 2.45) is 0 Å². The first-order valence-corrected chi connectivity index (χ1v) is 6.22. The molecule has 0 radical (unpaired) electrons. The van der Waals surface area contributed by atoms with Gasteiger partial charge in [-0.3, -0.25) is 14.9 Å². The Labute approximate surface area is 121 Å². The molecule has 21 heavy (non-hydrogen) atoms. The summed E-state index contributed by atoms with van der Waals surface area (Å²) in [6, 6.07) is 11.4. The molecule has 0 saturated heterocycles. The van der Waals surface area contributed by atoms with Crippen molar-refractivity contribution in [1.29, 1.82) is 0 Å². The number of nitro benzene ring substituents is 1. The number of nitro groups is 1. The number of non-ortho nitro benzene ring substituents is 1. The SMILES string of the molecule is Cc1cccc(NC(=O)/C=C/c2cccc([N+](=O)[O-])c2)n1. The third kappa shape index (κ3) is 4.24. The van der Waals surface area contributed by atoms with E-state index in [1.54, 1.807) is 24.3 Å². The average molecular weight is 283 g/mol. The van der Waals surface area contributed by atoms with E-state index in [1.807, 2.05) is 13.0 Å². The van der Waals surface area contributed by atoms with Gasteiger partial charge in [-0.25, -0.2) is 4.98 Å². The van der Waals surface area contributed by atoms with E-state index in [4.69, 9.17) is 0 Å². The third-order valence-electron chi connectivity index (χ3n) is 2.65. The van der Waals surface area contributed by atoms with Crippen LogP contribution < -0.4 is 5.32 Å². The van der Waals surface area contributed by atoms with Crippen LogP contribution >= 0.6 is 0 Å². The number of nitrogens with zero attached hydrogens (tertiary/aromatic N) is 2. The van der Waals surface area contributed by atoms with Gasteiger partial charge in [-0.1, -0.05) is 18.2 Å². The summed E-state index contributed by atoms with van der Waals surface area (Å²) in [5.74, 6) is 0.114. The van der Waals surface area contributed by atoms with Crippen LogP contribution in [0.2, 0.25) is 0 Å². The molecule has 0 fully saturated rings. The van der Waals surface area contributed by atoms with Crippen molar-refractivity contribution in [3.05, 3.63) is 69.9 Å². The summed E-state index contributed by atoms with van der Waals surface area (Å²) < 4.78 is 0. The molecule has 106 valence electrons. The maximum absolute atomic E-state index is 11.7. The van der Waals surface area contributed by atoms with E-state index in [2.05, 4.69) is 10.3 Å². The Morgan fingerprint density at radius 3 is 2.76 bits per heavy atom. The maximum atomic E-state index is 11.7. The fraction of sp³-hybridized carbons (Fsp3) is 0.0667. The van der Waals surface area contributed by atoms with E-state index < -0.39 is 4.92 Å². The van der Waals surface area contributed by atoms with Gasteiger partial charge in [0.2, 0.25) is 5.91 Å². The van der Waals surface area contributed by atoms with Gasteiger partial charge in [0.1, 0.15) is 5.82 Å². The normalized spacial score (nSPS) is 10.5. The van der Waals surface area contributed by atoms with Gasteiger partial charge in [-0.2, -0.15) is 0 Å². The van der Waals surface area contributed by atoms with Crippen LogP contribution in [0, 0.1) is 17.0 Å². The Hall–Kier alpha value is -3.02. The Kier molecular flexibility index (Phi) is 4.40.